The van der Waals surface area contributed by atoms with Gasteiger partial charge in [0.25, 0.3) is 0 Å². The molecule has 0 bridgehead atoms. The van der Waals surface area contributed by atoms with Gasteiger partial charge in [0.05, 0.1) is 11.2 Å². The number of rotatable bonds is 6. The molecule has 2 heterocycles. The van der Waals surface area contributed by atoms with Crippen molar-refractivity contribution in [2.45, 2.75) is 44.3 Å². The molecule has 8 heteroatoms. The van der Waals surface area contributed by atoms with E-state index in [1.165, 1.54) is 6.92 Å². The number of sulfonamides is 1. The molecule has 2 aromatic carbocycles. The Morgan fingerprint density at radius 3 is 2.73 bits per heavy atom. The minimum atomic E-state index is -3.67. The van der Waals surface area contributed by atoms with Gasteiger partial charge in [0.15, 0.2) is 0 Å². The highest BCUT2D eigenvalue weighted by atomic mass is 32.2. The van der Waals surface area contributed by atoms with E-state index >= 15 is 0 Å². The first-order chi connectivity index (χ1) is 14.3. The fourth-order valence-electron chi connectivity index (χ4n) is 3.95. The van der Waals surface area contributed by atoms with Crippen LogP contribution in [0.3, 0.4) is 0 Å². The molecule has 1 aliphatic heterocycles. The number of carbonyl (C=O) groups excluding carboxylic acids is 1. The number of nitrogens with zero attached hydrogens (tertiary/aromatic N) is 3. The summed E-state index contributed by atoms with van der Waals surface area (Å²) in [5, 5.41) is 0. The van der Waals surface area contributed by atoms with E-state index in [0.717, 1.165) is 22.4 Å². The van der Waals surface area contributed by atoms with Gasteiger partial charge in [-0.3, -0.25) is 4.79 Å². The molecule has 1 unspecified atom stereocenters. The van der Waals surface area contributed by atoms with Crippen molar-refractivity contribution >= 4 is 21.6 Å². The van der Waals surface area contributed by atoms with Gasteiger partial charge >= 0.3 is 0 Å². The maximum absolute atomic E-state index is 12.8. The second-order valence-electron chi connectivity index (χ2n) is 7.61. The zero-order chi connectivity index (χ0) is 21.3. The number of benzene rings is 2. The Hall–Kier alpha value is -2.97. The van der Waals surface area contributed by atoms with Crippen LogP contribution in [0.2, 0.25) is 0 Å². The Balaban J connectivity index is 1.48. The molecule has 156 valence electrons. The SMILES string of the molecule is CC(=O)N1c2ccc(S(=O)(=O)NCc3cccc(Cn4ccnc4)c3)cc2CC1C. The number of amides is 1. The number of fused-ring (bicyclic) bond motifs is 1. The highest BCUT2D eigenvalue weighted by Crippen LogP contribution is 2.33. The highest BCUT2D eigenvalue weighted by molar-refractivity contribution is 7.89. The van der Waals surface area contributed by atoms with Crippen molar-refractivity contribution in [2.24, 2.45) is 0 Å². The van der Waals surface area contributed by atoms with E-state index < -0.39 is 10.0 Å². The number of nitrogens with one attached hydrogen (secondary N) is 1. The number of aromatic nitrogens is 2. The first kappa shape index (κ1) is 20.3. The molecular formula is C22H24N4O3S. The van der Waals surface area contributed by atoms with Gasteiger partial charge in [0.1, 0.15) is 0 Å². The van der Waals surface area contributed by atoms with Crippen LogP contribution in [0.1, 0.15) is 30.5 Å². The summed E-state index contributed by atoms with van der Waals surface area (Å²) in [6, 6.07) is 12.8. The summed E-state index contributed by atoms with van der Waals surface area (Å²) >= 11 is 0. The average molecular weight is 425 g/mol. The van der Waals surface area contributed by atoms with Crippen molar-refractivity contribution in [3.8, 4) is 0 Å². The van der Waals surface area contributed by atoms with Crippen LogP contribution in [0.15, 0.2) is 66.1 Å². The first-order valence-corrected chi connectivity index (χ1v) is 11.3. The minimum Gasteiger partial charge on any atom is -0.333 e. The maximum atomic E-state index is 12.8. The minimum absolute atomic E-state index is 0.0293. The molecule has 0 saturated carbocycles. The van der Waals surface area contributed by atoms with Crippen LogP contribution in [0, 0.1) is 0 Å². The fourth-order valence-corrected chi connectivity index (χ4v) is 5.01. The number of hydrogen-bond donors (Lipinski definition) is 1. The lowest BCUT2D eigenvalue weighted by Crippen LogP contribution is -2.33. The fraction of sp³-hybridized carbons (Fsp3) is 0.273. The van der Waals surface area contributed by atoms with Gasteiger partial charge < -0.3 is 9.47 Å². The average Bonchev–Trinajstić information content (AvgIpc) is 3.32. The molecule has 1 amide bonds. The van der Waals surface area contributed by atoms with Crippen LogP contribution < -0.4 is 9.62 Å². The number of imidazole rings is 1. The van der Waals surface area contributed by atoms with Crippen molar-refractivity contribution in [1.29, 1.82) is 0 Å². The topological polar surface area (TPSA) is 84.3 Å². The zero-order valence-corrected chi connectivity index (χ0v) is 17.8. The van der Waals surface area contributed by atoms with Crippen molar-refractivity contribution in [3.05, 3.63) is 77.9 Å². The van der Waals surface area contributed by atoms with Crippen molar-refractivity contribution in [1.82, 2.24) is 14.3 Å². The smallest absolute Gasteiger partial charge is 0.240 e. The van der Waals surface area contributed by atoms with Crippen molar-refractivity contribution < 1.29 is 13.2 Å². The molecule has 30 heavy (non-hydrogen) atoms. The van der Waals surface area contributed by atoms with Crippen LogP contribution in [0.5, 0.6) is 0 Å². The lowest BCUT2D eigenvalue weighted by Gasteiger charge is -2.20. The predicted octanol–water partition coefficient (Wildman–Crippen LogP) is 2.71. The molecule has 4 rings (SSSR count). The number of hydrogen-bond acceptors (Lipinski definition) is 4. The second kappa shape index (κ2) is 8.04. The summed E-state index contributed by atoms with van der Waals surface area (Å²) in [6.45, 7) is 4.37. The normalized spacial score (nSPS) is 15.9. The van der Waals surface area contributed by atoms with Gasteiger partial charge in [-0.05, 0) is 48.2 Å². The molecule has 1 aliphatic rings. The lowest BCUT2D eigenvalue weighted by molar-refractivity contribution is -0.116. The Bertz CT molecular complexity index is 1170. The van der Waals surface area contributed by atoms with Crippen LogP contribution in [0.25, 0.3) is 0 Å². The highest BCUT2D eigenvalue weighted by Gasteiger charge is 2.30. The van der Waals surface area contributed by atoms with E-state index in [2.05, 4.69) is 9.71 Å². The third-order valence-corrected chi connectivity index (χ3v) is 6.70. The quantitative estimate of drug-likeness (QED) is 0.659. The third-order valence-electron chi connectivity index (χ3n) is 5.30. The molecule has 0 saturated heterocycles. The van der Waals surface area contributed by atoms with Crippen LogP contribution in [0.4, 0.5) is 5.69 Å². The van der Waals surface area contributed by atoms with Gasteiger partial charge in [-0.15, -0.1) is 0 Å². The van der Waals surface area contributed by atoms with Gasteiger partial charge in [-0.1, -0.05) is 24.3 Å². The Kier molecular flexibility index (Phi) is 5.44. The molecular weight excluding hydrogens is 400 g/mol. The predicted molar refractivity (Wildman–Crippen MR) is 115 cm³/mol. The molecule has 1 N–H and O–H groups in total. The zero-order valence-electron chi connectivity index (χ0n) is 16.9. The Labute approximate surface area is 176 Å². The number of anilines is 1. The van der Waals surface area contributed by atoms with E-state index in [4.69, 9.17) is 0 Å². The summed E-state index contributed by atoms with van der Waals surface area (Å²) < 4.78 is 30.3. The maximum Gasteiger partial charge on any atom is 0.240 e. The number of carbonyl (C=O) groups is 1. The van der Waals surface area contributed by atoms with Crippen LogP contribution in [-0.4, -0.2) is 29.9 Å². The first-order valence-electron chi connectivity index (χ1n) is 9.79. The summed E-state index contributed by atoms with van der Waals surface area (Å²) in [5.41, 5.74) is 3.62. The Morgan fingerprint density at radius 2 is 2.00 bits per heavy atom. The van der Waals surface area contributed by atoms with Gasteiger partial charge in [-0.2, -0.15) is 0 Å². The molecule has 0 fully saturated rings. The Morgan fingerprint density at radius 1 is 1.20 bits per heavy atom. The standard InChI is InChI=1S/C22H24N4O3S/c1-16-10-20-12-21(6-7-22(20)26(16)17(2)27)30(28,29)24-13-18-4-3-5-19(11-18)14-25-9-8-23-15-25/h3-9,11-12,15-16,24H,10,13-14H2,1-2H3. The third kappa shape index (κ3) is 4.15. The monoisotopic (exact) mass is 424 g/mol. The van der Waals surface area contributed by atoms with Crippen LogP contribution in [-0.2, 0) is 34.3 Å². The lowest BCUT2D eigenvalue weighted by atomic mass is 10.1. The van der Waals surface area contributed by atoms with E-state index in [9.17, 15) is 13.2 Å². The van der Waals surface area contributed by atoms with Crippen molar-refractivity contribution in [2.75, 3.05) is 4.90 Å². The van der Waals surface area contributed by atoms with Crippen molar-refractivity contribution in [3.63, 3.8) is 0 Å². The molecule has 0 radical (unpaired) electrons. The summed E-state index contributed by atoms with van der Waals surface area (Å²) in [5.74, 6) is -0.0365. The molecule has 0 aliphatic carbocycles. The van der Waals surface area contributed by atoms with E-state index in [0.29, 0.717) is 13.0 Å². The molecule has 0 spiro atoms. The summed E-state index contributed by atoms with van der Waals surface area (Å²) in [7, 11) is -3.67. The van der Waals surface area contributed by atoms with Gasteiger partial charge in [-0.25, -0.2) is 18.1 Å². The second-order valence-corrected chi connectivity index (χ2v) is 9.38. The van der Waals surface area contributed by atoms with Gasteiger partial charge in [0, 0.05) is 44.1 Å². The molecule has 7 nitrogen and oxygen atoms in total. The van der Waals surface area contributed by atoms with Crippen LogP contribution >= 0.6 is 0 Å². The molecule has 1 atom stereocenters. The van der Waals surface area contributed by atoms with E-state index in [1.807, 2.05) is 42.0 Å². The molecule has 3 aromatic rings. The molecule has 1 aromatic heterocycles. The van der Waals surface area contributed by atoms with E-state index in [1.54, 1.807) is 35.6 Å². The van der Waals surface area contributed by atoms with Gasteiger partial charge in [0.2, 0.25) is 15.9 Å². The summed E-state index contributed by atoms with van der Waals surface area (Å²) in [6.07, 6.45) is 6.01. The van der Waals surface area contributed by atoms with E-state index in [-0.39, 0.29) is 23.4 Å². The summed E-state index contributed by atoms with van der Waals surface area (Å²) in [4.78, 5) is 17.8. The largest absolute Gasteiger partial charge is 0.333 e.